The smallest absolute Gasteiger partial charge is 0.412 e. The number of ether oxygens (including phenoxy) is 1. The van der Waals surface area contributed by atoms with Gasteiger partial charge in [-0.25, -0.2) is 14.8 Å². The summed E-state index contributed by atoms with van der Waals surface area (Å²) < 4.78 is 5.42. The zero-order chi connectivity index (χ0) is 22.5. The van der Waals surface area contributed by atoms with Gasteiger partial charge in [-0.2, -0.15) is 0 Å². The minimum atomic E-state index is -0.981. The standard InChI is InChI=1S/C22H20ClN5O4/c1-28(31)12-10-26(11-13-28)22(30)32-21-16-5-3-2-4-15(16)20(29)27(21)18-9-7-14-6-8-17(23)24-19(14)25-18/h2-9,21H,10-13H2,1H3. The van der Waals surface area contributed by atoms with Crippen molar-refractivity contribution in [2.45, 2.75) is 6.23 Å². The number of rotatable bonds is 2. The number of quaternary nitrogens is 1. The predicted octanol–water partition coefficient (Wildman–Crippen LogP) is 3.34. The molecule has 0 aliphatic carbocycles. The van der Waals surface area contributed by atoms with Gasteiger partial charge < -0.3 is 14.6 Å². The number of amides is 2. The van der Waals surface area contributed by atoms with Crippen LogP contribution in [0.2, 0.25) is 5.15 Å². The molecule has 1 saturated heterocycles. The molecule has 164 valence electrons. The first-order valence-electron chi connectivity index (χ1n) is 10.2. The van der Waals surface area contributed by atoms with Gasteiger partial charge in [0.15, 0.2) is 5.65 Å². The van der Waals surface area contributed by atoms with Crippen molar-refractivity contribution in [3.63, 3.8) is 0 Å². The summed E-state index contributed by atoms with van der Waals surface area (Å²) in [5.41, 5.74) is 1.40. The maximum Gasteiger partial charge on any atom is 0.412 e. The Kier molecular flexibility index (Phi) is 4.96. The number of nitrogens with zero attached hydrogens (tertiary/aromatic N) is 5. The van der Waals surface area contributed by atoms with Crippen LogP contribution in [0, 0.1) is 5.21 Å². The second-order valence-electron chi connectivity index (χ2n) is 8.08. The van der Waals surface area contributed by atoms with E-state index < -0.39 is 17.0 Å². The van der Waals surface area contributed by atoms with Crippen LogP contribution in [0.15, 0.2) is 48.5 Å². The van der Waals surface area contributed by atoms with Crippen LogP contribution >= 0.6 is 11.6 Å². The maximum absolute atomic E-state index is 13.2. The Labute approximate surface area is 188 Å². The normalized spacial score (nSPS) is 19.8. The van der Waals surface area contributed by atoms with Gasteiger partial charge in [0.1, 0.15) is 11.0 Å². The van der Waals surface area contributed by atoms with Crippen molar-refractivity contribution < 1.29 is 19.0 Å². The zero-order valence-corrected chi connectivity index (χ0v) is 18.0. The summed E-state index contributed by atoms with van der Waals surface area (Å²) in [5, 5.41) is 13.1. The van der Waals surface area contributed by atoms with Gasteiger partial charge in [-0.1, -0.05) is 29.8 Å². The summed E-state index contributed by atoms with van der Waals surface area (Å²) in [7, 11) is 1.59. The van der Waals surface area contributed by atoms with Crippen LogP contribution in [0.1, 0.15) is 22.1 Å². The number of benzene rings is 1. The lowest BCUT2D eigenvalue weighted by molar-refractivity contribution is -0.864. The Morgan fingerprint density at radius 3 is 2.62 bits per heavy atom. The van der Waals surface area contributed by atoms with Crippen molar-refractivity contribution >= 4 is 40.5 Å². The topological polar surface area (TPSA) is 98.7 Å². The second-order valence-corrected chi connectivity index (χ2v) is 8.47. The molecule has 2 aliphatic rings. The average molecular weight is 454 g/mol. The Hall–Kier alpha value is -3.27. The second kappa shape index (κ2) is 7.70. The fourth-order valence-corrected chi connectivity index (χ4v) is 4.11. The van der Waals surface area contributed by atoms with Gasteiger partial charge in [-0.3, -0.25) is 14.6 Å². The fourth-order valence-electron chi connectivity index (χ4n) is 3.96. The number of halogens is 1. The molecule has 3 aromatic rings. The molecule has 1 unspecified atom stereocenters. The summed E-state index contributed by atoms with van der Waals surface area (Å²) in [6.07, 6.45) is -1.56. The predicted molar refractivity (Wildman–Crippen MR) is 118 cm³/mol. The third kappa shape index (κ3) is 3.64. The molecule has 0 spiro atoms. The largest absolute Gasteiger partial charge is 0.633 e. The summed E-state index contributed by atoms with van der Waals surface area (Å²) >= 11 is 6.01. The molecule has 0 bridgehead atoms. The lowest BCUT2D eigenvalue weighted by atomic mass is 10.1. The van der Waals surface area contributed by atoms with E-state index in [1.54, 1.807) is 55.6 Å². The molecule has 4 heterocycles. The highest BCUT2D eigenvalue weighted by atomic mass is 35.5. The van der Waals surface area contributed by atoms with Gasteiger partial charge in [0.05, 0.1) is 33.2 Å². The van der Waals surface area contributed by atoms with E-state index in [4.69, 9.17) is 16.3 Å². The van der Waals surface area contributed by atoms with Crippen LogP contribution in [0.4, 0.5) is 10.6 Å². The quantitative estimate of drug-likeness (QED) is 0.335. The Balaban J connectivity index is 1.49. The SMILES string of the molecule is C[N+]1([O-])CCN(C(=O)OC2c3ccccc3C(=O)N2c2ccc3ccc(Cl)nc3n2)CC1. The molecule has 0 N–H and O–H groups in total. The highest BCUT2D eigenvalue weighted by molar-refractivity contribution is 6.29. The molecule has 1 fully saturated rings. The van der Waals surface area contributed by atoms with E-state index in [2.05, 4.69) is 9.97 Å². The summed E-state index contributed by atoms with van der Waals surface area (Å²) in [6, 6.07) is 13.9. The van der Waals surface area contributed by atoms with E-state index in [9.17, 15) is 14.8 Å². The number of piperazine rings is 1. The molecule has 0 saturated carbocycles. The molecule has 5 rings (SSSR count). The van der Waals surface area contributed by atoms with Crippen molar-refractivity contribution in [2.24, 2.45) is 0 Å². The number of likely N-dealkylation sites (N-methyl/N-ethyl adjacent to an activating group) is 1. The minimum absolute atomic E-state index is 0.287. The minimum Gasteiger partial charge on any atom is -0.633 e. The Morgan fingerprint density at radius 1 is 1.12 bits per heavy atom. The van der Waals surface area contributed by atoms with Crippen LogP contribution < -0.4 is 4.90 Å². The van der Waals surface area contributed by atoms with Crippen molar-refractivity contribution in [1.29, 1.82) is 0 Å². The van der Waals surface area contributed by atoms with E-state index in [1.165, 1.54) is 9.80 Å². The third-order valence-electron chi connectivity index (χ3n) is 5.82. The van der Waals surface area contributed by atoms with E-state index in [0.29, 0.717) is 22.6 Å². The maximum atomic E-state index is 13.2. The van der Waals surface area contributed by atoms with Crippen molar-refractivity contribution in [2.75, 3.05) is 38.1 Å². The molecule has 1 aromatic carbocycles. The van der Waals surface area contributed by atoms with E-state index in [1.807, 2.05) is 0 Å². The molecule has 32 heavy (non-hydrogen) atoms. The molecular formula is C22H20ClN5O4. The number of aromatic nitrogens is 2. The number of hydrogen-bond acceptors (Lipinski definition) is 6. The molecule has 2 aromatic heterocycles. The van der Waals surface area contributed by atoms with Crippen LogP contribution in [0.25, 0.3) is 11.0 Å². The Morgan fingerprint density at radius 2 is 1.84 bits per heavy atom. The average Bonchev–Trinajstić information content (AvgIpc) is 3.05. The van der Waals surface area contributed by atoms with Gasteiger partial charge >= 0.3 is 6.09 Å². The van der Waals surface area contributed by atoms with Crippen molar-refractivity contribution in [3.8, 4) is 0 Å². The number of fused-ring (bicyclic) bond motifs is 2. The van der Waals surface area contributed by atoms with Gasteiger partial charge in [0, 0.05) is 16.5 Å². The third-order valence-corrected chi connectivity index (χ3v) is 6.03. The first-order chi connectivity index (χ1) is 15.3. The lowest BCUT2D eigenvalue weighted by Gasteiger charge is -2.44. The van der Waals surface area contributed by atoms with Crippen LogP contribution in [-0.4, -0.2) is 64.7 Å². The number of carbonyl (C=O) groups excluding carboxylic acids is 2. The molecule has 2 aliphatic heterocycles. The number of hydrogen-bond donors (Lipinski definition) is 0. The first kappa shape index (κ1) is 20.6. The van der Waals surface area contributed by atoms with Crippen LogP contribution in [-0.2, 0) is 4.74 Å². The van der Waals surface area contributed by atoms with Gasteiger partial charge in [-0.05, 0) is 30.3 Å². The summed E-state index contributed by atoms with van der Waals surface area (Å²) in [5.74, 6) is -0.0246. The van der Waals surface area contributed by atoms with E-state index in [0.717, 1.165) is 5.39 Å². The molecule has 2 amide bonds. The summed E-state index contributed by atoms with van der Waals surface area (Å²) in [4.78, 5) is 37.7. The number of hydroxylamine groups is 3. The molecular weight excluding hydrogens is 434 g/mol. The van der Waals surface area contributed by atoms with E-state index >= 15 is 0 Å². The zero-order valence-electron chi connectivity index (χ0n) is 17.3. The molecule has 10 heteroatoms. The fraction of sp³-hybridized carbons (Fsp3) is 0.273. The highest BCUT2D eigenvalue weighted by Gasteiger charge is 2.42. The van der Waals surface area contributed by atoms with Gasteiger partial charge in [0.25, 0.3) is 5.91 Å². The molecule has 9 nitrogen and oxygen atoms in total. The Bertz CT molecular complexity index is 1220. The monoisotopic (exact) mass is 453 g/mol. The molecule has 1 atom stereocenters. The van der Waals surface area contributed by atoms with Gasteiger partial charge in [-0.15, -0.1) is 0 Å². The van der Waals surface area contributed by atoms with Crippen molar-refractivity contribution in [3.05, 3.63) is 70.0 Å². The lowest BCUT2D eigenvalue weighted by Crippen LogP contribution is -2.55. The van der Waals surface area contributed by atoms with Crippen LogP contribution in [0.5, 0.6) is 0 Å². The summed E-state index contributed by atoms with van der Waals surface area (Å²) in [6.45, 7) is 1.16. The molecule has 0 radical (unpaired) electrons. The first-order valence-corrected chi connectivity index (χ1v) is 10.6. The van der Waals surface area contributed by atoms with Crippen molar-refractivity contribution in [1.82, 2.24) is 14.9 Å². The number of carbonyl (C=O) groups is 2. The van der Waals surface area contributed by atoms with Crippen LogP contribution in [0.3, 0.4) is 0 Å². The number of anilines is 1. The van der Waals surface area contributed by atoms with E-state index in [-0.39, 0.29) is 37.2 Å². The highest BCUT2D eigenvalue weighted by Crippen LogP contribution is 2.38. The van der Waals surface area contributed by atoms with Gasteiger partial charge in [0.2, 0.25) is 6.23 Å². The number of pyridine rings is 2.